The maximum Gasteiger partial charge on any atom is 0.294 e. The lowest BCUT2D eigenvalue weighted by Crippen LogP contribution is -2.51. The Bertz CT molecular complexity index is 683. The minimum absolute atomic E-state index is 0. The molecule has 9 nitrogen and oxygen atoms in total. The van der Waals surface area contributed by atoms with Gasteiger partial charge in [-0.05, 0) is 5.56 Å². The highest BCUT2D eigenvalue weighted by Gasteiger charge is 2.50. The molecule has 0 spiro atoms. The summed E-state index contributed by atoms with van der Waals surface area (Å²) in [6.45, 7) is 0.330. The summed E-state index contributed by atoms with van der Waals surface area (Å²) in [6, 6.07) is 9.32. The molecule has 148 valence electrons. The number of rotatable bonds is 5. The largest absolute Gasteiger partial charge is 0.371 e. The van der Waals surface area contributed by atoms with Gasteiger partial charge in [-0.1, -0.05) is 30.3 Å². The van der Waals surface area contributed by atoms with E-state index >= 15 is 0 Å². The number of hydrogen-bond donors (Lipinski definition) is 2. The number of fused-ring (bicyclic) bond motifs is 1. The van der Waals surface area contributed by atoms with Crippen LogP contribution in [0, 0.1) is 10.1 Å². The Hall–Kier alpha value is -1.59. The van der Waals surface area contributed by atoms with Gasteiger partial charge in [0.2, 0.25) is 5.91 Å². The first-order valence-corrected chi connectivity index (χ1v) is 9.44. The lowest BCUT2D eigenvalue weighted by Gasteiger charge is -2.20. The molecule has 1 aromatic carbocycles. The van der Waals surface area contributed by atoms with E-state index in [1.54, 1.807) is 11.8 Å². The summed E-state index contributed by atoms with van der Waals surface area (Å²) in [6.07, 6.45) is -1.71. The molecule has 3 heterocycles. The Labute approximate surface area is 166 Å². The van der Waals surface area contributed by atoms with E-state index in [0.717, 1.165) is 5.56 Å². The van der Waals surface area contributed by atoms with Gasteiger partial charge in [0.15, 0.2) is 6.10 Å². The Morgan fingerprint density at radius 3 is 2.74 bits per heavy atom. The second-order valence-electron chi connectivity index (χ2n) is 6.42. The third-order valence-corrected chi connectivity index (χ3v) is 6.03. The molecule has 0 saturated carbocycles. The Morgan fingerprint density at radius 2 is 2.00 bits per heavy atom. The van der Waals surface area contributed by atoms with Crippen molar-refractivity contribution in [1.82, 2.24) is 10.6 Å². The molecule has 2 unspecified atom stereocenters. The van der Waals surface area contributed by atoms with E-state index in [9.17, 15) is 14.9 Å². The normalized spacial score (nSPS) is 34.5. The molecule has 6 atom stereocenters. The van der Waals surface area contributed by atoms with Gasteiger partial charge in [-0.25, -0.2) is 0 Å². The minimum Gasteiger partial charge on any atom is -0.371 e. The van der Waals surface area contributed by atoms with E-state index in [2.05, 4.69) is 15.5 Å². The van der Waals surface area contributed by atoms with Crippen LogP contribution in [0.5, 0.6) is 0 Å². The predicted molar refractivity (Wildman–Crippen MR) is 99.1 cm³/mol. The van der Waals surface area contributed by atoms with Gasteiger partial charge in [-0.2, -0.15) is 0 Å². The average Bonchev–Trinajstić information content (AvgIpc) is 3.34. The van der Waals surface area contributed by atoms with Crippen LogP contribution in [0.3, 0.4) is 0 Å². The number of carbonyl (C=O) groups is 1. The maximum absolute atomic E-state index is 12.6. The monoisotopic (exact) mass is 417 g/mol. The Balaban J connectivity index is 0.00000210. The Kier molecular flexibility index (Phi) is 6.43. The van der Waals surface area contributed by atoms with Gasteiger partial charge >= 0.3 is 0 Å². The number of amides is 1. The van der Waals surface area contributed by atoms with Crippen molar-refractivity contribution in [3.63, 3.8) is 0 Å². The van der Waals surface area contributed by atoms with Crippen molar-refractivity contribution in [2.24, 2.45) is 0 Å². The molecule has 1 amide bonds. The van der Waals surface area contributed by atoms with Gasteiger partial charge in [0.05, 0.1) is 30.7 Å². The van der Waals surface area contributed by atoms with Crippen LogP contribution in [0.4, 0.5) is 0 Å². The number of halogens is 1. The SMILES string of the molecule is Cl.O=C(N[C@H]1CO[C@H]2[C@@H]1OC[C@@H]2O[N+](=O)[O-])C1CSC(c2ccccc2)N1. The first kappa shape index (κ1) is 20.2. The van der Waals surface area contributed by atoms with Gasteiger partial charge in [-0.3, -0.25) is 10.1 Å². The molecule has 11 heteroatoms. The van der Waals surface area contributed by atoms with E-state index in [-0.39, 0.29) is 49.0 Å². The zero-order valence-electron chi connectivity index (χ0n) is 14.2. The smallest absolute Gasteiger partial charge is 0.294 e. The molecule has 0 aliphatic carbocycles. The van der Waals surface area contributed by atoms with Gasteiger partial charge < -0.3 is 19.6 Å². The summed E-state index contributed by atoms with van der Waals surface area (Å²) in [7, 11) is 0. The van der Waals surface area contributed by atoms with E-state index in [1.165, 1.54) is 0 Å². The standard InChI is InChI=1S/C16H19N3O6S.ClH/c20-15(11-8-26-16(18-11)9-4-2-1-3-5-9)17-10-6-23-14-12(25-19(21)22)7-24-13(10)14;/h1-5,10-14,16,18H,6-8H2,(H,17,20);1H/t10-,11?,12-,13+,14+,16?;/m0./s1. The summed E-state index contributed by atoms with van der Waals surface area (Å²) in [4.78, 5) is 27.7. The molecule has 0 aromatic heterocycles. The van der Waals surface area contributed by atoms with Crippen molar-refractivity contribution in [2.45, 2.75) is 35.8 Å². The van der Waals surface area contributed by atoms with E-state index in [1.807, 2.05) is 30.3 Å². The van der Waals surface area contributed by atoms with Crippen molar-refractivity contribution in [3.05, 3.63) is 46.0 Å². The van der Waals surface area contributed by atoms with Gasteiger partial charge in [0.1, 0.15) is 12.2 Å². The van der Waals surface area contributed by atoms with Gasteiger partial charge in [0, 0.05) is 5.75 Å². The summed E-state index contributed by atoms with van der Waals surface area (Å²) >= 11 is 1.69. The zero-order chi connectivity index (χ0) is 18.1. The fraction of sp³-hybridized carbons (Fsp3) is 0.562. The number of carbonyl (C=O) groups excluding carboxylic acids is 1. The molecule has 1 aromatic rings. The van der Waals surface area contributed by atoms with Crippen LogP contribution in [0.15, 0.2) is 30.3 Å². The number of ether oxygens (including phenoxy) is 2. The number of benzene rings is 1. The first-order valence-electron chi connectivity index (χ1n) is 8.39. The molecule has 3 fully saturated rings. The summed E-state index contributed by atoms with van der Waals surface area (Å²) < 4.78 is 11.1. The molecule has 27 heavy (non-hydrogen) atoms. The van der Waals surface area contributed by atoms with Crippen LogP contribution in [0.1, 0.15) is 10.9 Å². The average molecular weight is 418 g/mol. The minimum atomic E-state index is -0.838. The molecule has 3 aliphatic rings. The van der Waals surface area contributed by atoms with Crippen molar-refractivity contribution in [2.75, 3.05) is 19.0 Å². The van der Waals surface area contributed by atoms with Crippen LogP contribution in [-0.2, 0) is 19.1 Å². The van der Waals surface area contributed by atoms with Crippen molar-refractivity contribution >= 4 is 30.1 Å². The summed E-state index contributed by atoms with van der Waals surface area (Å²) in [5.41, 5.74) is 1.14. The second-order valence-corrected chi connectivity index (χ2v) is 7.56. The van der Waals surface area contributed by atoms with E-state index in [4.69, 9.17) is 9.47 Å². The summed E-state index contributed by atoms with van der Waals surface area (Å²) in [5, 5.41) is 16.0. The zero-order valence-corrected chi connectivity index (χ0v) is 15.8. The number of thioether (sulfide) groups is 1. The highest BCUT2D eigenvalue weighted by atomic mass is 35.5. The maximum atomic E-state index is 12.6. The lowest BCUT2D eigenvalue weighted by atomic mass is 10.1. The summed E-state index contributed by atoms with van der Waals surface area (Å²) in [5.74, 6) is 0.550. The predicted octanol–water partition coefficient (Wildman–Crippen LogP) is 0.671. The highest BCUT2D eigenvalue weighted by molar-refractivity contribution is 7.99. The van der Waals surface area contributed by atoms with Crippen LogP contribution in [0.25, 0.3) is 0 Å². The third kappa shape index (κ3) is 4.30. The van der Waals surface area contributed by atoms with E-state index in [0.29, 0.717) is 5.75 Å². The number of nitrogens with zero attached hydrogens (tertiary/aromatic N) is 1. The molecular weight excluding hydrogens is 398 g/mol. The van der Waals surface area contributed by atoms with Crippen molar-refractivity contribution in [3.8, 4) is 0 Å². The molecule has 3 saturated heterocycles. The van der Waals surface area contributed by atoms with Gasteiger partial charge in [0.25, 0.3) is 5.09 Å². The third-order valence-electron chi connectivity index (χ3n) is 4.76. The van der Waals surface area contributed by atoms with Crippen molar-refractivity contribution in [1.29, 1.82) is 0 Å². The molecular formula is C16H20ClN3O6S. The van der Waals surface area contributed by atoms with Crippen LogP contribution >= 0.6 is 24.2 Å². The van der Waals surface area contributed by atoms with Crippen LogP contribution in [0.2, 0.25) is 0 Å². The fourth-order valence-corrected chi connectivity index (χ4v) is 4.76. The number of hydrogen-bond acceptors (Lipinski definition) is 8. The molecule has 4 rings (SSSR count). The molecule has 2 N–H and O–H groups in total. The first-order chi connectivity index (χ1) is 12.6. The molecule has 0 radical (unpaired) electrons. The van der Waals surface area contributed by atoms with E-state index < -0.39 is 23.4 Å². The highest BCUT2D eigenvalue weighted by Crippen LogP contribution is 2.33. The van der Waals surface area contributed by atoms with Crippen molar-refractivity contribution < 1.29 is 24.2 Å². The lowest BCUT2D eigenvalue weighted by molar-refractivity contribution is -0.769. The van der Waals surface area contributed by atoms with Crippen LogP contribution < -0.4 is 10.6 Å². The molecule has 0 bridgehead atoms. The Morgan fingerprint density at radius 1 is 1.26 bits per heavy atom. The van der Waals surface area contributed by atoms with Crippen LogP contribution in [-0.4, -0.2) is 60.4 Å². The quantitative estimate of drug-likeness (QED) is 0.531. The molecule has 3 aliphatic heterocycles. The topological polar surface area (TPSA) is 112 Å². The fourth-order valence-electron chi connectivity index (χ4n) is 3.52. The second kappa shape index (κ2) is 8.61. The van der Waals surface area contributed by atoms with Gasteiger partial charge in [-0.15, -0.1) is 34.3 Å². The number of nitrogens with one attached hydrogen (secondary N) is 2.